The van der Waals surface area contributed by atoms with E-state index >= 15 is 0 Å². The lowest BCUT2D eigenvalue weighted by Gasteiger charge is -2.31. The van der Waals surface area contributed by atoms with E-state index in [9.17, 15) is 9.59 Å². The van der Waals surface area contributed by atoms with Gasteiger partial charge in [-0.05, 0) is 36.4 Å². The summed E-state index contributed by atoms with van der Waals surface area (Å²) in [6.45, 7) is 1.22. The molecule has 2 aromatic heterocycles. The molecule has 0 spiro atoms. The topological polar surface area (TPSA) is 68.3 Å². The number of thiophene rings is 1. The van der Waals surface area contributed by atoms with E-state index in [2.05, 4.69) is 5.10 Å². The Kier molecular flexibility index (Phi) is 4.23. The van der Waals surface area contributed by atoms with Crippen LogP contribution < -0.4 is 5.76 Å². The maximum atomic E-state index is 12.4. The lowest BCUT2D eigenvalue weighted by atomic mass is 10.1. The van der Waals surface area contributed by atoms with E-state index < -0.39 is 5.76 Å². The molecule has 1 amide bonds. The van der Waals surface area contributed by atoms with Crippen molar-refractivity contribution >= 4 is 17.2 Å². The van der Waals surface area contributed by atoms with E-state index in [0.29, 0.717) is 31.8 Å². The normalized spacial score (nSPS) is 15.4. The van der Waals surface area contributed by atoms with Crippen molar-refractivity contribution < 1.29 is 9.21 Å². The van der Waals surface area contributed by atoms with Gasteiger partial charge >= 0.3 is 5.76 Å². The van der Waals surface area contributed by atoms with E-state index in [1.165, 1.54) is 16.0 Å². The Bertz CT molecular complexity index is 907. The molecule has 3 aromatic rings. The Balaban J connectivity index is 1.47. The maximum Gasteiger partial charge on any atom is 0.437 e. The van der Waals surface area contributed by atoms with Crippen LogP contribution in [0.2, 0.25) is 0 Å². The van der Waals surface area contributed by atoms with E-state index in [0.717, 1.165) is 10.4 Å². The van der Waals surface area contributed by atoms with Gasteiger partial charge in [0.05, 0.1) is 10.9 Å². The standard InChI is InChI=1S/C18H17N3O3S/c22-17(15-7-4-12-25-15)20-10-8-14(9-11-20)21-18(23)24-16(19-21)13-5-2-1-3-6-13/h1-7,12,14H,8-11H2. The summed E-state index contributed by atoms with van der Waals surface area (Å²) in [5.74, 6) is -0.0458. The van der Waals surface area contributed by atoms with Gasteiger partial charge in [-0.2, -0.15) is 4.68 Å². The van der Waals surface area contributed by atoms with Crippen LogP contribution in [0.4, 0.5) is 0 Å². The van der Waals surface area contributed by atoms with Gasteiger partial charge in [-0.25, -0.2) is 4.79 Å². The predicted molar refractivity (Wildman–Crippen MR) is 94.7 cm³/mol. The third-order valence-corrected chi connectivity index (χ3v) is 5.28. The molecule has 7 heteroatoms. The number of amides is 1. The molecule has 1 saturated heterocycles. The summed E-state index contributed by atoms with van der Waals surface area (Å²) in [5.41, 5.74) is 0.781. The SMILES string of the molecule is O=C(c1cccs1)N1CCC(n2nc(-c3ccccc3)oc2=O)CC1. The molecule has 1 aromatic carbocycles. The third-order valence-electron chi connectivity index (χ3n) is 4.42. The fourth-order valence-electron chi connectivity index (χ4n) is 3.09. The Morgan fingerprint density at radius 2 is 1.88 bits per heavy atom. The molecule has 128 valence electrons. The van der Waals surface area contributed by atoms with Gasteiger partial charge in [-0.3, -0.25) is 4.79 Å². The number of rotatable bonds is 3. The first-order valence-corrected chi connectivity index (χ1v) is 9.08. The number of hydrogen-bond donors (Lipinski definition) is 0. The van der Waals surface area contributed by atoms with Gasteiger partial charge in [0.1, 0.15) is 0 Å². The van der Waals surface area contributed by atoms with Crippen LogP contribution in [0.3, 0.4) is 0 Å². The summed E-state index contributed by atoms with van der Waals surface area (Å²) in [5, 5.41) is 6.26. The molecule has 25 heavy (non-hydrogen) atoms. The maximum absolute atomic E-state index is 12.4. The highest BCUT2D eigenvalue weighted by Crippen LogP contribution is 2.24. The van der Waals surface area contributed by atoms with Crippen LogP contribution in [-0.4, -0.2) is 33.7 Å². The highest BCUT2D eigenvalue weighted by Gasteiger charge is 2.27. The Hall–Kier alpha value is -2.67. The third kappa shape index (κ3) is 3.15. The van der Waals surface area contributed by atoms with Gasteiger partial charge in [0.15, 0.2) is 0 Å². The summed E-state index contributed by atoms with van der Waals surface area (Å²) in [4.78, 5) is 27.2. The Morgan fingerprint density at radius 1 is 1.12 bits per heavy atom. The van der Waals surface area contributed by atoms with E-state index in [-0.39, 0.29) is 11.9 Å². The zero-order chi connectivity index (χ0) is 17.2. The number of benzene rings is 1. The highest BCUT2D eigenvalue weighted by molar-refractivity contribution is 7.12. The molecular formula is C18H17N3O3S. The fourth-order valence-corrected chi connectivity index (χ4v) is 3.78. The first kappa shape index (κ1) is 15.8. The smallest absolute Gasteiger partial charge is 0.388 e. The monoisotopic (exact) mass is 355 g/mol. The molecule has 0 unspecified atom stereocenters. The van der Waals surface area contributed by atoms with Gasteiger partial charge in [-0.1, -0.05) is 24.3 Å². The minimum absolute atomic E-state index is 0.0407. The number of hydrogen-bond acceptors (Lipinski definition) is 5. The van der Waals surface area contributed by atoms with Crippen molar-refractivity contribution in [1.82, 2.24) is 14.7 Å². The molecule has 4 rings (SSSR count). The van der Waals surface area contributed by atoms with Gasteiger partial charge in [-0.15, -0.1) is 16.4 Å². The molecule has 0 N–H and O–H groups in total. The van der Waals surface area contributed by atoms with Crippen LogP contribution in [0.5, 0.6) is 0 Å². The summed E-state index contributed by atoms with van der Waals surface area (Å²) in [6.07, 6.45) is 1.38. The van der Waals surface area contributed by atoms with Crippen molar-refractivity contribution in [1.29, 1.82) is 0 Å². The van der Waals surface area contributed by atoms with Crippen LogP contribution in [0.1, 0.15) is 28.6 Å². The quantitative estimate of drug-likeness (QED) is 0.724. The van der Waals surface area contributed by atoms with Crippen LogP contribution in [0.15, 0.2) is 57.1 Å². The molecule has 3 heterocycles. The Morgan fingerprint density at radius 3 is 2.56 bits per heavy atom. The minimum Gasteiger partial charge on any atom is -0.388 e. The number of nitrogens with zero attached hydrogens (tertiary/aromatic N) is 3. The molecule has 1 fully saturated rings. The molecule has 0 saturated carbocycles. The zero-order valence-electron chi connectivity index (χ0n) is 13.5. The largest absolute Gasteiger partial charge is 0.437 e. The lowest BCUT2D eigenvalue weighted by molar-refractivity contribution is 0.0692. The molecule has 0 bridgehead atoms. The zero-order valence-corrected chi connectivity index (χ0v) is 14.3. The van der Waals surface area contributed by atoms with Crippen LogP contribution in [-0.2, 0) is 0 Å². The summed E-state index contributed by atoms with van der Waals surface area (Å²) in [6, 6.07) is 13.1. The molecule has 0 aliphatic carbocycles. The molecule has 0 radical (unpaired) electrons. The molecule has 1 aliphatic heterocycles. The number of carbonyl (C=O) groups is 1. The molecular weight excluding hydrogens is 338 g/mol. The van der Waals surface area contributed by atoms with E-state index in [4.69, 9.17) is 4.42 Å². The van der Waals surface area contributed by atoms with Crippen LogP contribution in [0, 0.1) is 0 Å². The second kappa shape index (κ2) is 6.68. The van der Waals surface area contributed by atoms with Gasteiger partial charge < -0.3 is 9.32 Å². The van der Waals surface area contributed by atoms with E-state index in [1.54, 1.807) is 0 Å². The predicted octanol–water partition coefficient (Wildman–Crippen LogP) is 3.04. The van der Waals surface area contributed by atoms with Gasteiger partial charge in [0.25, 0.3) is 5.91 Å². The number of aromatic nitrogens is 2. The van der Waals surface area contributed by atoms with Gasteiger partial charge in [0, 0.05) is 18.7 Å². The van der Waals surface area contributed by atoms with Crippen LogP contribution >= 0.6 is 11.3 Å². The van der Waals surface area contributed by atoms with Crippen molar-refractivity contribution in [2.24, 2.45) is 0 Å². The first-order chi connectivity index (χ1) is 12.2. The molecule has 6 nitrogen and oxygen atoms in total. The minimum atomic E-state index is -0.443. The number of piperidine rings is 1. The first-order valence-electron chi connectivity index (χ1n) is 8.20. The highest BCUT2D eigenvalue weighted by atomic mass is 32.1. The van der Waals surface area contributed by atoms with Crippen molar-refractivity contribution in [3.8, 4) is 11.5 Å². The fraction of sp³-hybridized carbons (Fsp3) is 0.278. The van der Waals surface area contributed by atoms with Crippen molar-refractivity contribution in [2.75, 3.05) is 13.1 Å². The van der Waals surface area contributed by atoms with Crippen molar-refractivity contribution in [3.05, 3.63) is 63.3 Å². The second-order valence-electron chi connectivity index (χ2n) is 5.98. The number of likely N-dealkylation sites (tertiary alicyclic amines) is 1. The van der Waals surface area contributed by atoms with Crippen molar-refractivity contribution in [3.63, 3.8) is 0 Å². The lowest BCUT2D eigenvalue weighted by Crippen LogP contribution is -2.40. The van der Waals surface area contributed by atoms with E-state index in [1.807, 2.05) is 52.7 Å². The van der Waals surface area contributed by atoms with Gasteiger partial charge in [0.2, 0.25) is 5.89 Å². The second-order valence-corrected chi connectivity index (χ2v) is 6.93. The van der Waals surface area contributed by atoms with Crippen molar-refractivity contribution in [2.45, 2.75) is 18.9 Å². The molecule has 1 aliphatic rings. The average molecular weight is 355 g/mol. The molecule has 0 atom stereocenters. The average Bonchev–Trinajstić information content (AvgIpc) is 3.32. The van der Waals surface area contributed by atoms with Crippen LogP contribution in [0.25, 0.3) is 11.5 Å². The summed E-state index contributed by atoms with van der Waals surface area (Å²) in [7, 11) is 0. The Labute approximate surface area is 148 Å². The summed E-state index contributed by atoms with van der Waals surface area (Å²) >= 11 is 1.45. The number of carbonyl (C=O) groups excluding carboxylic acids is 1. The summed E-state index contributed by atoms with van der Waals surface area (Å²) < 4.78 is 6.73.